The monoisotopic (exact) mass is 283 g/mol. The van der Waals surface area contributed by atoms with Gasteiger partial charge in [-0.05, 0) is 38.1 Å². The smallest absolute Gasteiger partial charge is 0.280 e. The molecule has 0 aliphatic rings. The van der Waals surface area contributed by atoms with Crippen LogP contribution in [-0.2, 0) is 4.79 Å². The number of nitrogens with one attached hydrogen (secondary N) is 1. The van der Waals surface area contributed by atoms with E-state index in [2.05, 4.69) is 15.5 Å². The largest absolute Gasteiger partial charge is 0.481 e. The van der Waals surface area contributed by atoms with E-state index < -0.39 is 6.10 Å². The lowest BCUT2D eigenvalue weighted by Gasteiger charge is -2.12. The fraction of sp³-hybridized carbons (Fsp3) is 0.188. The molecule has 2 rings (SSSR count). The molecule has 5 heteroatoms. The van der Waals surface area contributed by atoms with Gasteiger partial charge in [-0.2, -0.15) is 5.10 Å². The van der Waals surface area contributed by atoms with E-state index in [0.717, 1.165) is 5.56 Å². The topological polar surface area (TPSA) is 63.6 Å². The van der Waals surface area contributed by atoms with Gasteiger partial charge in [0.15, 0.2) is 6.10 Å². The van der Waals surface area contributed by atoms with Crippen LogP contribution in [0, 0.1) is 6.92 Å². The van der Waals surface area contributed by atoms with Gasteiger partial charge in [-0.15, -0.1) is 0 Å². The highest BCUT2D eigenvalue weighted by molar-refractivity contribution is 5.83. The van der Waals surface area contributed by atoms with Gasteiger partial charge in [0, 0.05) is 6.20 Å². The van der Waals surface area contributed by atoms with Crippen molar-refractivity contribution in [2.24, 2.45) is 5.10 Å². The Bertz CT molecular complexity index is 609. The summed E-state index contributed by atoms with van der Waals surface area (Å²) in [6.45, 7) is 3.66. The van der Waals surface area contributed by atoms with Gasteiger partial charge in [-0.3, -0.25) is 9.78 Å². The molecular formula is C16H17N3O2. The maximum atomic E-state index is 11.8. The molecule has 0 unspecified atom stereocenters. The Hall–Kier alpha value is -2.69. The quantitative estimate of drug-likeness (QED) is 0.676. The van der Waals surface area contributed by atoms with Gasteiger partial charge in [0.25, 0.3) is 5.91 Å². The Morgan fingerprint density at radius 2 is 2.05 bits per heavy atom. The Morgan fingerprint density at radius 3 is 2.71 bits per heavy atom. The minimum Gasteiger partial charge on any atom is -0.481 e. The number of benzene rings is 1. The number of amides is 1. The van der Waals surface area contributed by atoms with Crippen molar-refractivity contribution in [3.05, 3.63) is 59.9 Å². The van der Waals surface area contributed by atoms with Gasteiger partial charge in [-0.25, -0.2) is 5.43 Å². The Morgan fingerprint density at radius 1 is 1.29 bits per heavy atom. The molecule has 2 aromatic rings. The molecule has 0 aliphatic carbocycles. The second-order valence-corrected chi connectivity index (χ2v) is 4.56. The Balaban J connectivity index is 1.85. The molecule has 1 amide bonds. The zero-order chi connectivity index (χ0) is 15.1. The van der Waals surface area contributed by atoms with E-state index in [1.807, 2.05) is 43.3 Å². The number of carbonyl (C=O) groups excluding carboxylic acids is 1. The van der Waals surface area contributed by atoms with Crippen LogP contribution in [0.25, 0.3) is 0 Å². The summed E-state index contributed by atoms with van der Waals surface area (Å²) in [5.74, 6) is 0.333. The summed E-state index contributed by atoms with van der Waals surface area (Å²) in [7, 11) is 0. The number of hydrogen-bond acceptors (Lipinski definition) is 4. The molecule has 21 heavy (non-hydrogen) atoms. The first-order valence-corrected chi connectivity index (χ1v) is 6.62. The molecule has 0 saturated carbocycles. The van der Waals surface area contributed by atoms with Crippen molar-refractivity contribution in [3.63, 3.8) is 0 Å². The maximum Gasteiger partial charge on any atom is 0.280 e. The van der Waals surface area contributed by atoms with Crippen LogP contribution in [0.5, 0.6) is 5.75 Å². The zero-order valence-corrected chi connectivity index (χ0v) is 12.0. The van der Waals surface area contributed by atoms with E-state index in [1.165, 1.54) is 6.21 Å². The fourth-order valence-corrected chi connectivity index (χ4v) is 1.58. The van der Waals surface area contributed by atoms with Crippen molar-refractivity contribution in [2.75, 3.05) is 0 Å². The number of rotatable bonds is 5. The second kappa shape index (κ2) is 7.19. The molecule has 0 spiro atoms. The van der Waals surface area contributed by atoms with Gasteiger partial charge >= 0.3 is 0 Å². The molecule has 1 atom stereocenters. The lowest BCUT2D eigenvalue weighted by atomic mass is 10.2. The number of hydrogen-bond donors (Lipinski definition) is 1. The van der Waals surface area contributed by atoms with Crippen LogP contribution in [-0.4, -0.2) is 23.2 Å². The van der Waals surface area contributed by atoms with Crippen LogP contribution in [0.3, 0.4) is 0 Å². The van der Waals surface area contributed by atoms with E-state index >= 15 is 0 Å². The molecule has 1 N–H and O–H groups in total. The fourth-order valence-electron chi connectivity index (χ4n) is 1.58. The first-order chi connectivity index (χ1) is 10.1. The highest BCUT2D eigenvalue weighted by Crippen LogP contribution is 2.13. The summed E-state index contributed by atoms with van der Waals surface area (Å²) < 4.78 is 5.53. The lowest BCUT2D eigenvalue weighted by molar-refractivity contribution is -0.127. The van der Waals surface area contributed by atoms with Crippen molar-refractivity contribution in [2.45, 2.75) is 20.0 Å². The summed E-state index contributed by atoms with van der Waals surface area (Å²) in [6.07, 6.45) is 2.51. The molecule has 0 radical (unpaired) electrons. The molecular weight excluding hydrogens is 266 g/mol. The first kappa shape index (κ1) is 14.7. The van der Waals surface area contributed by atoms with Gasteiger partial charge in [0.05, 0.1) is 11.9 Å². The Labute approximate surface area is 123 Å². The molecule has 1 aromatic carbocycles. The number of hydrazone groups is 1. The standard InChI is InChI=1S/C16H17N3O2/c1-12-6-8-15(9-7-12)21-13(2)16(20)19-18-11-14-5-3-4-10-17-14/h3-11,13H,1-2H3,(H,19,20)/b18-11+/t13-/m1/s1. The number of aryl methyl sites for hydroxylation is 1. The van der Waals surface area contributed by atoms with Crippen molar-refractivity contribution >= 4 is 12.1 Å². The van der Waals surface area contributed by atoms with Crippen molar-refractivity contribution in [3.8, 4) is 5.75 Å². The van der Waals surface area contributed by atoms with Crippen molar-refractivity contribution in [1.29, 1.82) is 0 Å². The first-order valence-electron chi connectivity index (χ1n) is 6.62. The van der Waals surface area contributed by atoms with E-state index in [0.29, 0.717) is 11.4 Å². The molecule has 108 valence electrons. The number of ether oxygens (including phenoxy) is 1. The maximum absolute atomic E-state index is 11.8. The van der Waals surface area contributed by atoms with Crippen LogP contribution in [0.15, 0.2) is 53.8 Å². The highest BCUT2D eigenvalue weighted by atomic mass is 16.5. The van der Waals surface area contributed by atoms with Gasteiger partial charge < -0.3 is 4.74 Å². The van der Waals surface area contributed by atoms with E-state index in [1.54, 1.807) is 19.2 Å². The summed E-state index contributed by atoms with van der Waals surface area (Å²) in [4.78, 5) is 15.9. The van der Waals surface area contributed by atoms with Crippen molar-refractivity contribution < 1.29 is 9.53 Å². The number of carbonyl (C=O) groups is 1. The average Bonchev–Trinajstić information content (AvgIpc) is 2.50. The normalized spacial score (nSPS) is 12.1. The third kappa shape index (κ3) is 4.72. The molecule has 0 fully saturated rings. The SMILES string of the molecule is Cc1ccc(O[C@H](C)C(=O)N/N=C/c2ccccn2)cc1. The predicted octanol–water partition coefficient (Wildman–Crippen LogP) is 2.31. The van der Waals surface area contributed by atoms with E-state index in [9.17, 15) is 4.79 Å². The summed E-state index contributed by atoms with van der Waals surface area (Å²) in [6, 6.07) is 13.0. The predicted molar refractivity (Wildman–Crippen MR) is 81.2 cm³/mol. The third-order valence-corrected chi connectivity index (χ3v) is 2.76. The van der Waals surface area contributed by atoms with Crippen LogP contribution in [0.2, 0.25) is 0 Å². The van der Waals surface area contributed by atoms with Crippen LogP contribution in [0.1, 0.15) is 18.2 Å². The third-order valence-electron chi connectivity index (χ3n) is 2.76. The van der Waals surface area contributed by atoms with E-state index in [-0.39, 0.29) is 5.91 Å². The number of aromatic nitrogens is 1. The molecule has 0 saturated heterocycles. The van der Waals surface area contributed by atoms with Gasteiger partial charge in [0.1, 0.15) is 5.75 Å². The van der Waals surface area contributed by atoms with E-state index in [4.69, 9.17) is 4.74 Å². The lowest BCUT2D eigenvalue weighted by Crippen LogP contribution is -2.33. The molecule has 1 aromatic heterocycles. The molecule has 1 heterocycles. The second-order valence-electron chi connectivity index (χ2n) is 4.56. The summed E-state index contributed by atoms with van der Waals surface area (Å²) >= 11 is 0. The summed E-state index contributed by atoms with van der Waals surface area (Å²) in [5, 5.41) is 3.85. The van der Waals surface area contributed by atoms with Crippen LogP contribution >= 0.6 is 0 Å². The minimum atomic E-state index is -0.631. The van der Waals surface area contributed by atoms with Crippen LogP contribution < -0.4 is 10.2 Å². The van der Waals surface area contributed by atoms with Crippen molar-refractivity contribution in [1.82, 2.24) is 10.4 Å². The number of pyridine rings is 1. The minimum absolute atomic E-state index is 0.317. The average molecular weight is 283 g/mol. The molecule has 5 nitrogen and oxygen atoms in total. The number of nitrogens with zero attached hydrogens (tertiary/aromatic N) is 2. The highest BCUT2D eigenvalue weighted by Gasteiger charge is 2.13. The van der Waals surface area contributed by atoms with Gasteiger partial charge in [-0.1, -0.05) is 23.8 Å². The summed E-state index contributed by atoms with van der Waals surface area (Å²) in [5.41, 5.74) is 4.24. The van der Waals surface area contributed by atoms with Crippen LogP contribution in [0.4, 0.5) is 0 Å². The molecule has 0 bridgehead atoms. The molecule has 0 aliphatic heterocycles. The Kier molecular flexibility index (Phi) is 5.04. The van der Waals surface area contributed by atoms with Gasteiger partial charge in [0.2, 0.25) is 0 Å². The zero-order valence-electron chi connectivity index (χ0n) is 12.0.